The van der Waals surface area contributed by atoms with Gasteiger partial charge in [0.1, 0.15) is 0 Å². The molecule has 0 radical (unpaired) electrons. The zero-order chi connectivity index (χ0) is 23.9. The Balaban J connectivity index is 1.23. The number of benzene rings is 2. The van der Waals surface area contributed by atoms with E-state index >= 15 is 0 Å². The summed E-state index contributed by atoms with van der Waals surface area (Å²) in [6, 6.07) is 18.7. The Morgan fingerprint density at radius 3 is 2.32 bits per heavy atom. The monoisotopic (exact) mass is 478 g/mol. The lowest BCUT2D eigenvalue weighted by Gasteiger charge is -2.31. The Kier molecular flexibility index (Phi) is 7.54. The summed E-state index contributed by atoms with van der Waals surface area (Å²) < 4.78 is 5.41. The smallest absolute Gasteiger partial charge is 0.321 e. The number of hydrogen-bond donors (Lipinski definition) is 2. The summed E-state index contributed by atoms with van der Waals surface area (Å²) in [5.74, 6) is -1.20. The van der Waals surface area contributed by atoms with E-state index in [1.165, 1.54) is 11.3 Å². The highest BCUT2D eigenvalue weighted by molar-refractivity contribution is 7.14. The quantitative estimate of drug-likeness (QED) is 0.504. The molecule has 1 aliphatic heterocycles. The van der Waals surface area contributed by atoms with E-state index in [-0.39, 0.29) is 11.9 Å². The molecule has 1 aromatic heterocycles. The van der Waals surface area contributed by atoms with Gasteiger partial charge < -0.3 is 15.0 Å². The van der Waals surface area contributed by atoms with Crippen molar-refractivity contribution in [2.75, 3.05) is 23.7 Å². The second-order valence-corrected chi connectivity index (χ2v) is 8.89. The second kappa shape index (κ2) is 10.9. The van der Waals surface area contributed by atoms with Gasteiger partial charge in [0.2, 0.25) is 0 Å². The number of anilines is 2. The first-order valence-corrected chi connectivity index (χ1v) is 12.0. The van der Waals surface area contributed by atoms with E-state index in [0.29, 0.717) is 31.1 Å². The van der Waals surface area contributed by atoms with Crippen LogP contribution in [0.3, 0.4) is 0 Å². The van der Waals surface area contributed by atoms with Gasteiger partial charge in [0.15, 0.2) is 11.2 Å². The molecule has 176 valence electrons. The molecule has 4 rings (SSSR count). The maximum atomic E-state index is 12.6. The van der Waals surface area contributed by atoms with Gasteiger partial charge in [0.05, 0.1) is 11.6 Å². The molecule has 8 nitrogen and oxygen atoms in total. The summed E-state index contributed by atoms with van der Waals surface area (Å²) in [6.45, 7) is 2.43. The number of para-hydroxylation sites is 1. The highest BCUT2D eigenvalue weighted by atomic mass is 32.1. The van der Waals surface area contributed by atoms with Crippen LogP contribution < -0.4 is 10.6 Å². The molecule has 0 spiro atoms. The molecular weight excluding hydrogens is 452 g/mol. The molecule has 1 unspecified atom stereocenters. The number of thiazole rings is 1. The summed E-state index contributed by atoms with van der Waals surface area (Å²) in [6.07, 6.45) is 0.0286. The Bertz CT molecular complexity index is 1130. The molecular formula is C25H26N4O4S. The van der Waals surface area contributed by atoms with E-state index in [0.717, 1.165) is 16.9 Å². The van der Waals surface area contributed by atoms with Crippen molar-refractivity contribution in [1.29, 1.82) is 0 Å². The van der Waals surface area contributed by atoms with Gasteiger partial charge in [-0.1, -0.05) is 48.5 Å². The number of nitrogens with zero attached hydrogens (tertiary/aromatic N) is 2. The van der Waals surface area contributed by atoms with Crippen molar-refractivity contribution >= 4 is 40.1 Å². The summed E-state index contributed by atoms with van der Waals surface area (Å²) >= 11 is 1.31. The molecule has 0 saturated carbocycles. The molecule has 2 N–H and O–H groups in total. The molecule has 2 aromatic carbocycles. The van der Waals surface area contributed by atoms with E-state index < -0.39 is 18.0 Å². The lowest BCUT2D eigenvalue weighted by molar-refractivity contribution is -0.158. The zero-order valence-electron chi connectivity index (χ0n) is 18.8. The van der Waals surface area contributed by atoms with Crippen LogP contribution in [0.25, 0.3) is 11.3 Å². The number of nitrogens with one attached hydrogen (secondary N) is 2. The number of hydrogen-bond acceptors (Lipinski definition) is 6. The van der Waals surface area contributed by atoms with E-state index in [1.54, 1.807) is 11.8 Å². The Morgan fingerprint density at radius 1 is 1.00 bits per heavy atom. The minimum atomic E-state index is -0.948. The van der Waals surface area contributed by atoms with Gasteiger partial charge in [-0.15, -0.1) is 11.3 Å². The third-order valence-corrected chi connectivity index (χ3v) is 6.36. The van der Waals surface area contributed by atoms with E-state index in [4.69, 9.17) is 4.74 Å². The highest BCUT2D eigenvalue weighted by Crippen LogP contribution is 2.25. The number of amides is 3. The number of piperidine rings is 1. The first kappa shape index (κ1) is 23.4. The third-order valence-electron chi connectivity index (χ3n) is 5.61. The molecule has 3 amide bonds. The SMILES string of the molecule is CC(OC(=O)C1CCN(C(=O)Nc2ccccc2)CC1)C(=O)Nc1nc(-c2ccccc2)cs1. The van der Waals surface area contributed by atoms with Crippen molar-refractivity contribution in [3.63, 3.8) is 0 Å². The van der Waals surface area contributed by atoms with Crippen LogP contribution in [-0.4, -0.2) is 47.0 Å². The lowest BCUT2D eigenvalue weighted by Crippen LogP contribution is -2.43. The van der Waals surface area contributed by atoms with Crippen LogP contribution in [0.15, 0.2) is 66.0 Å². The molecule has 1 fully saturated rings. The Labute approximate surface area is 202 Å². The van der Waals surface area contributed by atoms with Crippen molar-refractivity contribution in [3.8, 4) is 11.3 Å². The molecule has 1 atom stereocenters. The number of urea groups is 1. The molecule has 1 aliphatic rings. The topological polar surface area (TPSA) is 101 Å². The molecule has 9 heteroatoms. The number of likely N-dealkylation sites (tertiary alicyclic amines) is 1. The Hall–Kier alpha value is -3.72. The zero-order valence-corrected chi connectivity index (χ0v) is 19.6. The van der Waals surface area contributed by atoms with Crippen LogP contribution in [0.5, 0.6) is 0 Å². The van der Waals surface area contributed by atoms with Crippen LogP contribution in [0.1, 0.15) is 19.8 Å². The molecule has 2 heterocycles. The number of rotatable bonds is 6. The Morgan fingerprint density at radius 2 is 1.65 bits per heavy atom. The average molecular weight is 479 g/mol. The van der Waals surface area contributed by atoms with Gasteiger partial charge in [0.25, 0.3) is 5.91 Å². The van der Waals surface area contributed by atoms with E-state index in [9.17, 15) is 14.4 Å². The van der Waals surface area contributed by atoms with Crippen LogP contribution >= 0.6 is 11.3 Å². The maximum absolute atomic E-state index is 12.6. The first-order valence-electron chi connectivity index (χ1n) is 11.1. The lowest BCUT2D eigenvalue weighted by atomic mass is 9.97. The first-order chi connectivity index (χ1) is 16.5. The fraction of sp³-hybridized carbons (Fsp3) is 0.280. The molecule has 3 aromatic rings. The maximum Gasteiger partial charge on any atom is 0.321 e. The minimum absolute atomic E-state index is 0.191. The molecule has 0 aliphatic carbocycles. The van der Waals surface area contributed by atoms with Crippen molar-refractivity contribution < 1.29 is 19.1 Å². The largest absolute Gasteiger partial charge is 0.452 e. The van der Waals surface area contributed by atoms with Crippen molar-refractivity contribution in [2.24, 2.45) is 5.92 Å². The van der Waals surface area contributed by atoms with Gasteiger partial charge >= 0.3 is 12.0 Å². The highest BCUT2D eigenvalue weighted by Gasteiger charge is 2.30. The van der Waals surface area contributed by atoms with Gasteiger partial charge in [-0.3, -0.25) is 14.9 Å². The minimum Gasteiger partial charge on any atom is -0.452 e. The fourth-order valence-corrected chi connectivity index (χ4v) is 4.37. The van der Waals surface area contributed by atoms with Crippen LogP contribution in [0.4, 0.5) is 15.6 Å². The number of ether oxygens (including phenoxy) is 1. The van der Waals surface area contributed by atoms with Crippen LogP contribution in [0, 0.1) is 5.92 Å². The van der Waals surface area contributed by atoms with Gasteiger partial charge in [0, 0.05) is 29.7 Å². The predicted octanol–water partition coefficient (Wildman–Crippen LogP) is 4.62. The standard InChI is InChI=1S/C25H26N4O4S/c1-17(22(30)28-24-27-21(16-34-24)18-8-4-2-5-9-18)33-23(31)19-12-14-29(15-13-19)25(32)26-20-10-6-3-7-11-20/h2-11,16-17,19H,12-15H2,1H3,(H,26,32)(H,27,28,30). The van der Waals surface area contributed by atoms with Crippen LogP contribution in [0.2, 0.25) is 0 Å². The van der Waals surface area contributed by atoms with Gasteiger partial charge in [-0.2, -0.15) is 0 Å². The summed E-state index contributed by atoms with van der Waals surface area (Å²) in [4.78, 5) is 43.6. The number of carbonyl (C=O) groups excluding carboxylic acids is 3. The normalized spacial score (nSPS) is 14.8. The number of esters is 1. The average Bonchev–Trinajstić information content (AvgIpc) is 3.33. The summed E-state index contributed by atoms with van der Waals surface area (Å²) in [7, 11) is 0. The predicted molar refractivity (Wildman–Crippen MR) is 131 cm³/mol. The third kappa shape index (κ3) is 5.99. The summed E-state index contributed by atoms with van der Waals surface area (Å²) in [5.41, 5.74) is 2.46. The van der Waals surface area contributed by atoms with Crippen molar-refractivity contribution in [1.82, 2.24) is 9.88 Å². The number of aromatic nitrogens is 1. The van der Waals surface area contributed by atoms with E-state index in [1.807, 2.05) is 66.0 Å². The molecule has 1 saturated heterocycles. The van der Waals surface area contributed by atoms with E-state index in [2.05, 4.69) is 15.6 Å². The van der Waals surface area contributed by atoms with Gasteiger partial charge in [-0.05, 0) is 31.9 Å². The second-order valence-electron chi connectivity index (χ2n) is 8.03. The van der Waals surface area contributed by atoms with Crippen molar-refractivity contribution in [2.45, 2.75) is 25.9 Å². The van der Waals surface area contributed by atoms with Gasteiger partial charge in [-0.25, -0.2) is 9.78 Å². The van der Waals surface area contributed by atoms with Crippen molar-refractivity contribution in [3.05, 3.63) is 66.0 Å². The number of carbonyl (C=O) groups is 3. The fourth-order valence-electron chi connectivity index (χ4n) is 3.65. The van der Waals surface area contributed by atoms with Crippen LogP contribution in [-0.2, 0) is 14.3 Å². The molecule has 34 heavy (non-hydrogen) atoms. The summed E-state index contributed by atoms with van der Waals surface area (Å²) in [5, 5.41) is 7.88. The molecule has 0 bridgehead atoms.